The van der Waals surface area contributed by atoms with Gasteiger partial charge >= 0.3 is 0 Å². The van der Waals surface area contributed by atoms with Gasteiger partial charge in [0.15, 0.2) is 0 Å². The van der Waals surface area contributed by atoms with Crippen molar-refractivity contribution in [3.63, 3.8) is 0 Å². The van der Waals surface area contributed by atoms with Gasteiger partial charge in [0.2, 0.25) is 10.0 Å². The molecule has 4 aromatic rings. The molecule has 1 N–H and O–H groups in total. The number of thiophene rings is 1. The molecule has 0 radical (unpaired) electrons. The van der Waals surface area contributed by atoms with Crippen LogP contribution >= 0.6 is 22.7 Å². The van der Waals surface area contributed by atoms with Gasteiger partial charge in [-0.15, -0.1) is 22.7 Å². The van der Waals surface area contributed by atoms with Crippen molar-refractivity contribution in [3.05, 3.63) is 64.5 Å². The molecular formula is C28H30N4O3S3. The second-order valence-corrected chi connectivity index (χ2v) is 14.1. The van der Waals surface area contributed by atoms with E-state index in [-0.39, 0.29) is 10.8 Å². The van der Waals surface area contributed by atoms with E-state index in [0.29, 0.717) is 18.7 Å². The SMILES string of the molecule is CN1CCc2c(sc(NC(=O)c3ccc(S(=O)(=O)N4CCCCCC4)cc3)c2-c2nc3ccccc3s2)C1. The van der Waals surface area contributed by atoms with Crippen LogP contribution in [-0.2, 0) is 23.0 Å². The minimum Gasteiger partial charge on any atom is -0.313 e. The van der Waals surface area contributed by atoms with E-state index in [0.717, 1.165) is 71.0 Å². The van der Waals surface area contributed by atoms with Gasteiger partial charge in [-0.1, -0.05) is 25.0 Å². The zero-order valence-electron chi connectivity index (χ0n) is 21.3. The maximum atomic E-state index is 13.4. The highest BCUT2D eigenvalue weighted by Crippen LogP contribution is 2.45. The van der Waals surface area contributed by atoms with Gasteiger partial charge in [0.1, 0.15) is 10.0 Å². The molecule has 0 aliphatic carbocycles. The molecule has 0 saturated carbocycles. The second-order valence-electron chi connectivity index (χ2n) is 9.98. The fourth-order valence-corrected chi connectivity index (χ4v) is 9.16. The van der Waals surface area contributed by atoms with Crippen molar-refractivity contribution in [1.82, 2.24) is 14.2 Å². The molecule has 1 saturated heterocycles. The molecule has 1 fully saturated rings. The Morgan fingerprint density at radius 3 is 2.42 bits per heavy atom. The van der Waals surface area contributed by atoms with E-state index >= 15 is 0 Å². The minimum atomic E-state index is -3.56. The number of carbonyl (C=O) groups excluding carboxylic acids is 1. The monoisotopic (exact) mass is 566 g/mol. The first-order valence-electron chi connectivity index (χ1n) is 13.0. The number of likely N-dealkylation sites (N-methyl/N-ethyl adjacent to an activating group) is 1. The summed E-state index contributed by atoms with van der Waals surface area (Å²) in [6, 6.07) is 14.4. The van der Waals surface area contributed by atoms with Gasteiger partial charge in [-0.05, 0) is 68.3 Å². The average Bonchev–Trinajstić information content (AvgIpc) is 3.36. The third-order valence-corrected chi connectivity index (χ3v) is 11.4. The van der Waals surface area contributed by atoms with E-state index in [1.807, 2.05) is 18.2 Å². The molecule has 0 unspecified atom stereocenters. The lowest BCUT2D eigenvalue weighted by Crippen LogP contribution is -2.31. The quantitative estimate of drug-likeness (QED) is 0.329. The van der Waals surface area contributed by atoms with Gasteiger partial charge in [-0.25, -0.2) is 13.4 Å². The third-order valence-electron chi connectivity index (χ3n) is 7.30. The summed E-state index contributed by atoms with van der Waals surface area (Å²) in [6.07, 6.45) is 4.81. The van der Waals surface area contributed by atoms with Crippen molar-refractivity contribution < 1.29 is 13.2 Å². The number of nitrogens with one attached hydrogen (secondary N) is 1. The van der Waals surface area contributed by atoms with Gasteiger partial charge in [0.05, 0.1) is 15.1 Å². The Morgan fingerprint density at radius 2 is 1.68 bits per heavy atom. The smallest absolute Gasteiger partial charge is 0.256 e. The van der Waals surface area contributed by atoms with Gasteiger partial charge < -0.3 is 10.2 Å². The lowest BCUT2D eigenvalue weighted by atomic mass is 10.0. The fraction of sp³-hybridized carbons (Fsp3) is 0.357. The number of para-hydroxylation sites is 1. The molecule has 0 bridgehead atoms. The Morgan fingerprint density at radius 1 is 0.947 bits per heavy atom. The lowest BCUT2D eigenvalue weighted by molar-refractivity contribution is 0.102. The molecule has 0 spiro atoms. The van der Waals surface area contributed by atoms with Crippen molar-refractivity contribution in [3.8, 4) is 10.6 Å². The number of anilines is 1. The number of carbonyl (C=O) groups is 1. The highest BCUT2D eigenvalue weighted by Gasteiger charge is 2.28. The second kappa shape index (κ2) is 10.5. The van der Waals surface area contributed by atoms with Crippen molar-refractivity contribution in [2.75, 3.05) is 32.0 Å². The molecule has 10 heteroatoms. The lowest BCUT2D eigenvalue weighted by Gasteiger charge is -2.22. The van der Waals surface area contributed by atoms with Gasteiger partial charge in [0.25, 0.3) is 5.91 Å². The third kappa shape index (κ3) is 4.91. The average molecular weight is 567 g/mol. The molecule has 198 valence electrons. The number of benzene rings is 2. The minimum absolute atomic E-state index is 0.237. The Hall–Kier alpha value is -2.63. The van der Waals surface area contributed by atoms with Crippen LogP contribution in [0.5, 0.6) is 0 Å². The number of rotatable bonds is 5. The highest BCUT2D eigenvalue weighted by atomic mass is 32.2. The first-order valence-corrected chi connectivity index (χ1v) is 16.1. The number of aromatic nitrogens is 1. The molecule has 0 atom stereocenters. The number of hydrogen-bond acceptors (Lipinski definition) is 7. The summed E-state index contributed by atoms with van der Waals surface area (Å²) < 4.78 is 29.0. The van der Waals surface area contributed by atoms with Crippen LogP contribution in [0.4, 0.5) is 5.00 Å². The predicted molar refractivity (Wildman–Crippen MR) is 155 cm³/mol. The standard InChI is InChI=1S/C28H30N4O3S3/c1-31-17-14-21-24(18-31)37-28(25(21)27-29-22-8-4-5-9-23(22)36-27)30-26(33)19-10-12-20(13-11-19)38(34,35)32-15-6-2-3-7-16-32/h4-5,8-13H,2-3,6-7,14-18H2,1H3,(H,30,33). The van der Waals surface area contributed by atoms with Crippen LogP contribution in [-0.4, -0.2) is 55.2 Å². The first-order chi connectivity index (χ1) is 18.4. The number of sulfonamides is 1. The van der Waals surface area contributed by atoms with E-state index < -0.39 is 10.0 Å². The molecule has 6 rings (SSSR count). The molecule has 38 heavy (non-hydrogen) atoms. The van der Waals surface area contributed by atoms with E-state index in [4.69, 9.17) is 4.98 Å². The number of amides is 1. The number of fused-ring (bicyclic) bond motifs is 2. The molecule has 2 aromatic heterocycles. The Labute approximate surface area is 231 Å². The molecule has 1 amide bonds. The Balaban J connectivity index is 1.29. The Kier molecular flexibility index (Phi) is 7.09. The van der Waals surface area contributed by atoms with Crippen molar-refractivity contribution >= 4 is 53.8 Å². The summed E-state index contributed by atoms with van der Waals surface area (Å²) in [4.78, 5) is 22.0. The van der Waals surface area contributed by atoms with Crippen LogP contribution in [0.15, 0.2) is 53.4 Å². The summed E-state index contributed by atoms with van der Waals surface area (Å²) in [7, 11) is -1.45. The maximum absolute atomic E-state index is 13.4. The van der Waals surface area contributed by atoms with Crippen LogP contribution in [0.1, 0.15) is 46.5 Å². The molecule has 2 aliphatic rings. The summed E-state index contributed by atoms with van der Waals surface area (Å²) in [5.41, 5.74) is 3.67. The summed E-state index contributed by atoms with van der Waals surface area (Å²) in [5.74, 6) is -0.252. The number of hydrogen-bond donors (Lipinski definition) is 1. The topological polar surface area (TPSA) is 82.6 Å². The largest absolute Gasteiger partial charge is 0.313 e. The van der Waals surface area contributed by atoms with E-state index in [2.05, 4.69) is 23.3 Å². The predicted octanol–water partition coefficient (Wildman–Crippen LogP) is 5.83. The van der Waals surface area contributed by atoms with E-state index in [1.54, 1.807) is 51.2 Å². The van der Waals surface area contributed by atoms with Crippen molar-refractivity contribution in [2.24, 2.45) is 0 Å². The van der Waals surface area contributed by atoms with Crippen molar-refractivity contribution in [1.29, 1.82) is 0 Å². The van der Waals surface area contributed by atoms with Crippen LogP contribution in [0.3, 0.4) is 0 Å². The fourth-order valence-electron chi connectivity index (χ4n) is 5.21. The van der Waals surface area contributed by atoms with E-state index in [1.165, 1.54) is 10.4 Å². The molecule has 2 aliphatic heterocycles. The van der Waals surface area contributed by atoms with E-state index in [9.17, 15) is 13.2 Å². The van der Waals surface area contributed by atoms with Gasteiger partial charge in [0, 0.05) is 42.2 Å². The summed E-state index contributed by atoms with van der Waals surface area (Å²) >= 11 is 3.26. The van der Waals surface area contributed by atoms with Crippen LogP contribution in [0.25, 0.3) is 20.8 Å². The van der Waals surface area contributed by atoms with Crippen LogP contribution in [0.2, 0.25) is 0 Å². The first kappa shape index (κ1) is 25.6. The van der Waals surface area contributed by atoms with Gasteiger partial charge in [-0.2, -0.15) is 4.31 Å². The molecule has 7 nitrogen and oxygen atoms in total. The Bertz CT molecular complexity index is 1550. The molecule has 2 aromatic carbocycles. The zero-order chi connectivity index (χ0) is 26.3. The normalized spacial score (nSPS) is 17.3. The molecular weight excluding hydrogens is 537 g/mol. The number of nitrogens with zero attached hydrogens (tertiary/aromatic N) is 3. The zero-order valence-corrected chi connectivity index (χ0v) is 23.7. The highest BCUT2D eigenvalue weighted by molar-refractivity contribution is 7.89. The van der Waals surface area contributed by atoms with Crippen LogP contribution in [0, 0.1) is 0 Å². The number of thiazole rings is 1. The maximum Gasteiger partial charge on any atom is 0.256 e. The summed E-state index contributed by atoms with van der Waals surface area (Å²) in [6.45, 7) is 2.91. The van der Waals surface area contributed by atoms with Crippen molar-refractivity contribution in [2.45, 2.75) is 43.5 Å². The van der Waals surface area contributed by atoms with Gasteiger partial charge in [-0.3, -0.25) is 4.79 Å². The van der Waals surface area contributed by atoms with Crippen LogP contribution < -0.4 is 5.32 Å². The summed E-state index contributed by atoms with van der Waals surface area (Å²) in [5, 5.41) is 4.86. The molecule has 4 heterocycles.